The molecule has 0 saturated heterocycles. The Bertz CT molecular complexity index is 1090. The number of aromatic amines is 1. The molecule has 3 rings (SSSR count). The zero-order chi connectivity index (χ0) is 19.2. The highest BCUT2D eigenvalue weighted by atomic mass is 32.2. The molecule has 1 N–H and O–H groups in total. The maximum absolute atomic E-state index is 14.5. The fourth-order valence-corrected chi connectivity index (χ4v) is 3.84. The number of H-pyrrole nitrogens is 1. The van der Waals surface area contributed by atoms with Crippen LogP contribution in [0.5, 0.6) is 0 Å². The number of alkyl halides is 2. The van der Waals surface area contributed by atoms with Crippen LogP contribution in [0.3, 0.4) is 0 Å². The largest absolute Gasteiger partial charge is 0.335 e. The standard InChI is InChI=1S/C15H11F4N3O2S2/c1-6-5-25-15(20-6)12-11(21-14(22-12)13(18)19)7-3-9(17)10(4-8(7)16)26(2,23)24/h3-5,13H,1-2H3,(H,21,22). The number of aryl methyl sites for hydroxylation is 1. The number of halogens is 4. The second-order valence-electron chi connectivity index (χ2n) is 5.48. The summed E-state index contributed by atoms with van der Waals surface area (Å²) < 4.78 is 77.7. The number of aromatic nitrogens is 3. The van der Waals surface area contributed by atoms with E-state index in [1.165, 1.54) is 0 Å². The molecule has 0 amide bonds. The Kier molecular flexibility index (Phi) is 4.61. The molecule has 2 heterocycles. The first-order chi connectivity index (χ1) is 12.1. The molecule has 0 aliphatic carbocycles. The molecule has 0 radical (unpaired) electrons. The van der Waals surface area contributed by atoms with Gasteiger partial charge in [0.15, 0.2) is 15.7 Å². The number of sulfone groups is 1. The third-order valence-corrected chi connectivity index (χ3v) is 5.53. The van der Waals surface area contributed by atoms with E-state index < -0.39 is 44.2 Å². The van der Waals surface area contributed by atoms with Crippen molar-refractivity contribution in [2.75, 3.05) is 6.26 Å². The van der Waals surface area contributed by atoms with Gasteiger partial charge in [0.05, 0.1) is 0 Å². The summed E-state index contributed by atoms with van der Waals surface area (Å²) in [4.78, 5) is 9.36. The van der Waals surface area contributed by atoms with Gasteiger partial charge in [-0.25, -0.2) is 35.9 Å². The molecule has 0 bridgehead atoms. The van der Waals surface area contributed by atoms with Crippen LogP contribution in [0.1, 0.15) is 17.9 Å². The van der Waals surface area contributed by atoms with E-state index in [1.54, 1.807) is 12.3 Å². The second kappa shape index (κ2) is 6.47. The summed E-state index contributed by atoms with van der Waals surface area (Å²) in [6.07, 6.45) is -2.23. The summed E-state index contributed by atoms with van der Waals surface area (Å²) in [5, 5.41) is 1.93. The van der Waals surface area contributed by atoms with E-state index in [4.69, 9.17) is 0 Å². The molecule has 0 unspecified atom stereocenters. The molecule has 3 aromatic rings. The Balaban J connectivity index is 2.25. The molecular weight excluding hydrogens is 394 g/mol. The van der Waals surface area contributed by atoms with Gasteiger partial charge in [-0.15, -0.1) is 11.3 Å². The first-order valence-corrected chi connectivity index (χ1v) is 9.85. The lowest BCUT2D eigenvalue weighted by molar-refractivity contribution is 0.141. The number of hydrogen-bond acceptors (Lipinski definition) is 5. The van der Waals surface area contributed by atoms with Crippen LogP contribution in [-0.4, -0.2) is 29.6 Å². The fourth-order valence-electron chi connectivity index (χ4n) is 2.31. The van der Waals surface area contributed by atoms with Gasteiger partial charge in [-0.3, -0.25) is 0 Å². The van der Waals surface area contributed by atoms with Gasteiger partial charge < -0.3 is 4.98 Å². The lowest BCUT2D eigenvalue weighted by atomic mass is 10.1. The molecule has 0 atom stereocenters. The monoisotopic (exact) mass is 405 g/mol. The highest BCUT2D eigenvalue weighted by Gasteiger charge is 2.25. The van der Waals surface area contributed by atoms with Crippen LogP contribution in [0, 0.1) is 18.6 Å². The van der Waals surface area contributed by atoms with E-state index in [-0.39, 0.29) is 16.4 Å². The number of nitrogens with zero attached hydrogens (tertiary/aromatic N) is 2. The minimum atomic E-state index is -4.00. The van der Waals surface area contributed by atoms with Crippen molar-refractivity contribution in [3.8, 4) is 22.0 Å². The number of thiazole rings is 1. The van der Waals surface area contributed by atoms with E-state index in [9.17, 15) is 26.0 Å². The summed E-state index contributed by atoms with van der Waals surface area (Å²) in [6.45, 7) is 1.69. The minimum Gasteiger partial charge on any atom is -0.335 e. The first-order valence-electron chi connectivity index (χ1n) is 7.08. The number of rotatable bonds is 4. The Labute approximate surface area is 149 Å². The predicted octanol–water partition coefficient (Wildman–Crippen LogP) is 4.13. The van der Waals surface area contributed by atoms with Gasteiger partial charge in [-0.1, -0.05) is 0 Å². The van der Waals surface area contributed by atoms with Gasteiger partial charge >= 0.3 is 0 Å². The van der Waals surface area contributed by atoms with Crippen LogP contribution >= 0.6 is 11.3 Å². The minimum absolute atomic E-state index is 0.00352. The number of benzene rings is 1. The highest BCUT2D eigenvalue weighted by molar-refractivity contribution is 7.90. The highest BCUT2D eigenvalue weighted by Crippen LogP contribution is 2.36. The van der Waals surface area contributed by atoms with Crippen molar-refractivity contribution >= 4 is 21.2 Å². The third-order valence-electron chi connectivity index (χ3n) is 3.44. The molecule has 1 aromatic carbocycles. The molecule has 2 aromatic heterocycles. The van der Waals surface area contributed by atoms with E-state index in [0.717, 1.165) is 17.6 Å². The SMILES string of the molecule is Cc1csc(-c2[nH]c(C(F)F)nc2-c2cc(F)c(S(C)(=O)=O)cc2F)n1. The lowest BCUT2D eigenvalue weighted by Gasteiger charge is -2.06. The van der Waals surface area contributed by atoms with Crippen molar-refractivity contribution in [1.29, 1.82) is 0 Å². The summed E-state index contributed by atoms with van der Waals surface area (Å²) in [6, 6.07) is 1.13. The summed E-state index contributed by atoms with van der Waals surface area (Å²) in [5.74, 6) is -3.03. The molecule has 5 nitrogen and oxygen atoms in total. The molecule has 11 heteroatoms. The van der Waals surface area contributed by atoms with E-state index in [0.29, 0.717) is 17.8 Å². The molecular formula is C15H11F4N3O2S2. The van der Waals surface area contributed by atoms with Crippen molar-refractivity contribution in [2.24, 2.45) is 0 Å². The molecule has 0 spiro atoms. The zero-order valence-corrected chi connectivity index (χ0v) is 15.0. The molecule has 138 valence electrons. The maximum atomic E-state index is 14.5. The summed E-state index contributed by atoms with van der Waals surface area (Å²) in [5.41, 5.74) is -0.0981. The smallest absolute Gasteiger partial charge is 0.295 e. The number of nitrogens with one attached hydrogen (secondary N) is 1. The van der Waals surface area contributed by atoms with Crippen molar-refractivity contribution in [1.82, 2.24) is 15.0 Å². The Morgan fingerprint density at radius 3 is 2.38 bits per heavy atom. The van der Waals surface area contributed by atoms with Crippen molar-refractivity contribution in [3.05, 3.63) is 40.7 Å². The Morgan fingerprint density at radius 2 is 1.85 bits per heavy atom. The van der Waals surface area contributed by atoms with Crippen LogP contribution in [0.2, 0.25) is 0 Å². The van der Waals surface area contributed by atoms with Gasteiger partial charge in [0.25, 0.3) is 6.43 Å². The van der Waals surface area contributed by atoms with Crippen molar-refractivity contribution in [3.63, 3.8) is 0 Å². The molecule has 0 aliphatic heterocycles. The normalized spacial score (nSPS) is 12.1. The fraction of sp³-hybridized carbons (Fsp3) is 0.200. The maximum Gasteiger partial charge on any atom is 0.295 e. The van der Waals surface area contributed by atoms with Crippen molar-refractivity contribution < 1.29 is 26.0 Å². The third kappa shape index (κ3) is 3.36. The van der Waals surface area contributed by atoms with E-state index in [1.807, 2.05) is 0 Å². The molecule has 26 heavy (non-hydrogen) atoms. The van der Waals surface area contributed by atoms with E-state index in [2.05, 4.69) is 15.0 Å². The topological polar surface area (TPSA) is 75.7 Å². The van der Waals surface area contributed by atoms with Crippen LogP contribution < -0.4 is 0 Å². The van der Waals surface area contributed by atoms with Crippen molar-refractivity contribution in [2.45, 2.75) is 18.2 Å². The molecule has 0 fully saturated rings. The van der Waals surface area contributed by atoms with Gasteiger partial charge in [-0.05, 0) is 19.1 Å². The van der Waals surface area contributed by atoms with Gasteiger partial charge in [-0.2, -0.15) is 0 Å². The lowest BCUT2D eigenvalue weighted by Crippen LogP contribution is -2.03. The molecule has 0 aliphatic rings. The number of hydrogen-bond donors (Lipinski definition) is 1. The number of imidazole rings is 1. The average Bonchev–Trinajstić information content (AvgIpc) is 3.14. The summed E-state index contributed by atoms with van der Waals surface area (Å²) in [7, 11) is -4.00. The predicted molar refractivity (Wildman–Crippen MR) is 87.9 cm³/mol. The van der Waals surface area contributed by atoms with Crippen LogP contribution in [0.25, 0.3) is 22.0 Å². The van der Waals surface area contributed by atoms with Gasteiger partial charge in [0.2, 0.25) is 0 Å². The second-order valence-corrected chi connectivity index (χ2v) is 8.32. The first kappa shape index (κ1) is 18.5. The average molecular weight is 405 g/mol. The Morgan fingerprint density at radius 1 is 1.15 bits per heavy atom. The van der Waals surface area contributed by atoms with Gasteiger partial charge in [0, 0.05) is 22.9 Å². The van der Waals surface area contributed by atoms with Crippen LogP contribution in [-0.2, 0) is 9.84 Å². The van der Waals surface area contributed by atoms with Crippen LogP contribution in [0.15, 0.2) is 22.4 Å². The van der Waals surface area contributed by atoms with Gasteiger partial charge in [0.1, 0.15) is 32.9 Å². The zero-order valence-electron chi connectivity index (χ0n) is 13.3. The van der Waals surface area contributed by atoms with E-state index >= 15 is 0 Å². The molecule has 0 saturated carbocycles. The summed E-state index contributed by atoms with van der Waals surface area (Å²) >= 11 is 1.11. The van der Waals surface area contributed by atoms with Crippen LogP contribution in [0.4, 0.5) is 17.6 Å². The quantitative estimate of drug-likeness (QED) is 0.663. The Hall–Kier alpha value is -2.27.